The summed E-state index contributed by atoms with van der Waals surface area (Å²) in [5, 5.41) is 0.313. The number of nitrogens with zero attached hydrogens (tertiary/aromatic N) is 1. The van der Waals surface area contributed by atoms with Gasteiger partial charge in [0, 0.05) is 0 Å². The molecule has 92 valence electrons. The molecule has 0 radical (unpaired) electrons. The van der Waals surface area contributed by atoms with Crippen molar-refractivity contribution in [3.63, 3.8) is 0 Å². The molecule has 15 heavy (non-hydrogen) atoms. The second-order valence-corrected chi connectivity index (χ2v) is 16.8. The summed E-state index contributed by atoms with van der Waals surface area (Å²) in [6.45, 7) is 19.3. The standard InChI is InChI=1S/C11H29NOSi2/c1-11(2,3)15(8,9)13-10-12(4)14(5,6)7/h10H2,1-9H3. The number of hydrogen-bond acceptors (Lipinski definition) is 2. The Bertz CT molecular complexity index is 204. The number of rotatable bonds is 4. The van der Waals surface area contributed by atoms with E-state index in [4.69, 9.17) is 4.43 Å². The highest BCUT2D eigenvalue weighted by molar-refractivity contribution is 6.74. The van der Waals surface area contributed by atoms with Crippen LogP contribution >= 0.6 is 0 Å². The smallest absolute Gasteiger partial charge is 0.193 e. The lowest BCUT2D eigenvalue weighted by atomic mass is 10.2. The van der Waals surface area contributed by atoms with Crippen LogP contribution in [0.2, 0.25) is 37.8 Å². The van der Waals surface area contributed by atoms with Gasteiger partial charge in [0.25, 0.3) is 0 Å². The first-order valence-corrected chi connectivity index (χ1v) is 12.1. The molecule has 0 N–H and O–H groups in total. The molecule has 0 aromatic heterocycles. The Kier molecular flexibility index (Phi) is 4.80. The lowest BCUT2D eigenvalue weighted by Crippen LogP contribution is -2.49. The minimum Gasteiger partial charge on any atom is -0.405 e. The third kappa shape index (κ3) is 4.80. The molecule has 4 heteroatoms. The topological polar surface area (TPSA) is 12.5 Å². The molecule has 0 heterocycles. The van der Waals surface area contributed by atoms with Crippen LogP contribution in [0.5, 0.6) is 0 Å². The maximum absolute atomic E-state index is 6.18. The Morgan fingerprint density at radius 3 is 1.67 bits per heavy atom. The van der Waals surface area contributed by atoms with Crippen LogP contribution in [0, 0.1) is 0 Å². The Balaban J connectivity index is 4.29. The van der Waals surface area contributed by atoms with Crippen LogP contribution in [-0.4, -0.2) is 34.9 Å². The van der Waals surface area contributed by atoms with Crippen LogP contribution in [0.1, 0.15) is 20.8 Å². The Morgan fingerprint density at radius 2 is 1.40 bits per heavy atom. The van der Waals surface area contributed by atoms with Crippen LogP contribution in [0.4, 0.5) is 0 Å². The maximum Gasteiger partial charge on any atom is 0.193 e. The van der Waals surface area contributed by atoms with Crippen molar-refractivity contribution in [2.75, 3.05) is 13.8 Å². The SMILES string of the molecule is CN(CO[Si](C)(C)C(C)(C)C)[Si](C)(C)C. The van der Waals surface area contributed by atoms with Crippen LogP contribution < -0.4 is 0 Å². The first-order valence-electron chi connectivity index (χ1n) is 5.73. The van der Waals surface area contributed by atoms with E-state index in [1.807, 2.05) is 0 Å². The zero-order valence-corrected chi connectivity index (χ0v) is 14.1. The molecule has 2 nitrogen and oxygen atoms in total. The molecule has 0 aromatic rings. The quantitative estimate of drug-likeness (QED) is 0.554. The molecule has 0 unspecified atom stereocenters. The Hall–Kier alpha value is 0.354. The third-order valence-electron chi connectivity index (χ3n) is 3.57. The molecule has 0 aliphatic rings. The highest BCUT2D eigenvalue weighted by atomic mass is 28.4. The molecule has 0 aliphatic heterocycles. The van der Waals surface area contributed by atoms with Crippen LogP contribution in [0.25, 0.3) is 0 Å². The van der Waals surface area contributed by atoms with E-state index in [-0.39, 0.29) is 0 Å². The monoisotopic (exact) mass is 247 g/mol. The first kappa shape index (κ1) is 15.4. The van der Waals surface area contributed by atoms with Crippen molar-refractivity contribution >= 4 is 16.6 Å². The van der Waals surface area contributed by atoms with E-state index in [0.29, 0.717) is 5.04 Å². The van der Waals surface area contributed by atoms with Crippen LogP contribution in [0.3, 0.4) is 0 Å². The van der Waals surface area contributed by atoms with E-state index in [1.165, 1.54) is 0 Å². The van der Waals surface area contributed by atoms with Gasteiger partial charge in [-0.25, -0.2) is 0 Å². The summed E-state index contributed by atoms with van der Waals surface area (Å²) >= 11 is 0. The van der Waals surface area contributed by atoms with Gasteiger partial charge in [0.15, 0.2) is 8.32 Å². The second kappa shape index (κ2) is 4.69. The number of hydrogen-bond donors (Lipinski definition) is 0. The minimum absolute atomic E-state index is 0.313. The summed E-state index contributed by atoms with van der Waals surface area (Å²) in [5.41, 5.74) is 0. The molecule has 0 fully saturated rings. The fraction of sp³-hybridized carbons (Fsp3) is 1.00. The summed E-state index contributed by atoms with van der Waals surface area (Å²) in [7, 11) is -0.575. The molecule has 0 aliphatic carbocycles. The fourth-order valence-corrected chi connectivity index (χ4v) is 2.20. The largest absolute Gasteiger partial charge is 0.405 e. The first-order chi connectivity index (χ1) is 6.38. The predicted molar refractivity (Wildman–Crippen MR) is 74.3 cm³/mol. The van der Waals surface area contributed by atoms with Gasteiger partial charge in [-0.15, -0.1) is 0 Å². The highest BCUT2D eigenvalue weighted by Gasteiger charge is 2.37. The summed E-state index contributed by atoms with van der Waals surface area (Å²) in [5.74, 6) is 0. The minimum atomic E-state index is -1.57. The van der Waals surface area contributed by atoms with E-state index in [2.05, 4.69) is 65.1 Å². The lowest BCUT2D eigenvalue weighted by molar-refractivity contribution is 0.197. The van der Waals surface area contributed by atoms with Crippen molar-refractivity contribution in [3.05, 3.63) is 0 Å². The highest BCUT2D eigenvalue weighted by Crippen LogP contribution is 2.36. The lowest BCUT2D eigenvalue weighted by Gasteiger charge is -2.39. The van der Waals surface area contributed by atoms with E-state index >= 15 is 0 Å². The molecule has 0 spiro atoms. The van der Waals surface area contributed by atoms with Crippen molar-refractivity contribution in [3.8, 4) is 0 Å². The van der Waals surface area contributed by atoms with Gasteiger partial charge in [0.1, 0.15) is 8.24 Å². The van der Waals surface area contributed by atoms with Gasteiger partial charge in [-0.3, -0.25) is 0 Å². The van der Waals surface area contributed by atoms with Crippen LogP contribution in [-0.2, 0) is 4.43 Å². The molecule has 0 bridgehead atoms. The van der Waals surface area contributed by atoms with Gasteiger partial charge in [0.05, 0.1) is 6.73 Å². The average Bonchev–Trinajstić information content (AvgIpc) is 1.96. The fourth-order valence-electron chi connectivity index (χ4n) is 0.668. The molecule has 0 aromatic carbocycles. The second-order valence-electron chi connectivity index (χ2n) is 6.90. The van der Waals surface area contributed by atoms with E-state index in [0.717, 1.165) is 6.73 Å². The maximum atomic E-state index is 6.18. The van der Waals surface area contributed by atoms with Crippen molar-refractivity contribution < 1.29 is 4.43 Å². The van der Waals surface area contributed by atoms with Crippen molar-refractivity contribution in [1.29, 1.82) is 0 Å². The van der Waals surface area contributed by atoms with Gasteiger partial charge in [0.2, 0.25) is 0 Å². The summed E-state index contributed by atoms with van der Waals surface area (Å²) in [6.07, 6.45) is 0. The zero-order valence-electron chi connectivity index (χ0n) is 12.1. The van der Waals surface area contributed by atoms with Crippen molar-refractivity contribution in [2.24, 2.45) is 0 Å². The molecule has 0 rings (SSSR count). The molecule has 0 amide bonds. The molecule has 0 atom stereocenters. The van der Waals surface area contributed by atoms with Gasteiger partial charge in [-0.2, -0.15) is 0 Å². The van der Waals surface area contributed by atoms with E-state index in [9.17, 15) is 0 Å². The predicted octanol–water partition coefficient (Wildman–Crippen LogP) is 3.73. The van der Waals surface area contributed by atoms with Crippen molar-refractivity contribution in [1.82, 2.24) is 4.57 Å². The Labute approximate surface area is 98.2 Å². The van der Waals surface area contributed by atoms with Gasteiger partial charge >= 0.3 is 0 Å². The van der Waals surface area contributed by atoms with E-state index in [1.54, 1.807) is 0 Å². The summed E-state index contributed by atoms with van der Waals surface area (Å²) < 4.78 is 8.58. The average molecular weight is 248 g/mol. The summed E-state index contributed by atoms with van der Waals surface area (Å²) in [6, 6.07) is 0. The normalized spacial score (nSPS) is 14.8. The van der Waals surface area contributed by atoms with E-state index < -0.39 is 16.6 Å². The van der Waals surface area contributed by atoms with Gasteiger partial charge < -0.3 is 8.99 Å². The summed E-state index contributed by atoms with van der Waals surface area (Å²) in [4.78, 5) is 0. The molecular formula is C11H29NOSi2. The van der Waals surface area contributed by atoms with Gasteiger partial charge in [-0.1, -0.05) is 40.4 Å². The Morgan fingerprint density at radius 1 is 1.00 bits per heavy atom. The van der Waals surface area contributed by atoms with Crippen molar-refractivity contribution in [2.45, 2.75) is 58.5 Å². The molecule has 0 saturated heterocycles. The molecular weight excluding hydrogens is 218 g/mol. The molecule has 0 saturated carbocycles. The zero-order chi connectivity index (χ0) is 12.5. The van der Waals surface area contributed by atoms with Crippen LogP contribution in [0.15, 0.2) is 0 Å². The van der Waals surface area contributed by atoms with Gasteiger partial charge in [-0.05, 0) is 25.2 Å². The third-order valence-corrected chi connectivity index (χ3v) is 10.5.